The zero-order valence-corrected chi connectivity index (χ0v) is 10.4. The van der Waals surface area contributed by atoms with Gasteiger partial charge in [-0.1, -0.05) is 26.8 Å². The minimum atomic E-state index is 0.0775. The zero-order chi connectivity index (χ0) is 11.5. The molecule has 15 heavy (non-hydrogen) atoms. The van der Waals surface area contributed by atoms with E-state index < -0.39 is 0 Å². The van der Waals surface area contributed by atoms with Crippen LogP contribution in [0.15, 0.2) is 22.8 Å². The molecule has 0 bridgehead atoms. The van der Waals surface area contributed by atoms with Gasteiger partial charge in [0.1, 0.15) is 6.29 Å². The van der Waals surface area contributed by atoms with E-state index in [0.29, 0.717) is 0 Å². The predicted molar refractivity (Wildman–Crippen MR) is 64.8 cm³/mol. The molecule has 0 heterocycles. The van der Waals surface area contributed by atoms with Crippen molar-refractivity contribution in [3.63, 3.8) is 0 Å². The molecule has 0 radical (unpaired) electrons. The highest BCUT2D eigenvalue weighted by molar-refractivity contribution is 5.76. The zero-order valence-electron chi connectivity index (χ0n) is 10.4. The van der Waals surface area contributed by atoms with Gasteiger partial charge in [0.15, 0.2) is 0 Å². The first-order chi connectivity index (χ1) is 6.96. The van der Waals surface area contributed by atoms with E-state index in [9.17, 15) is 4.79 Å². The fraction of sp³-hybridized carbons (Fsp3) is 0.643. The molecule has 0 saturated carbocycles. The molecule has 84 valence electrons. The summed E-state index contributed by atoms with van der Waals surface area (Å²) in [6, 6.07) is 0. The van der Waals surface area contributed by atoms with Crippen molar-refractivity contribution in [2.45, 2.75) is 53.4 Å². The van der Waals surface area contributed by atoms with E-state index in [1.165, 1.54) is 30.4 Å². The molecule has 1 heteroatoms. The Morgan fingerprint density at radius 2 is 2.00 bits per heavy atom. The van der Waals surface area contributed by atoms with Crippen LogP contribution in [0.2, 0.25) is 0 Å². The Morgan fingerprint density at radius 3 is 2.40 bits per heavy atom. The summed E-state index contributed by atoms with van der Waals surface area (Å²) in [6.07, 6.45) is 8.17. The number of aldehydes is 1. The third kappa shape index (κ3) is 3.05. The first-order valence-corrected chi connectivity index (χ1v) is 5.82. The van der Waals surface area contributed by atoms with Crippen LogP contribution in [0.4, 0.5) is 0 Å². The maximum atomic E-state index is 11.0. The standard InChI is InChI=1S/C14H22O/c1-11(10-15)13(14(2,3)4)12-8-6-5-7-9-12/h8,10H,5-7,9H2,1-4H3/b13-11-. The predicted octanol–water partition coefficient (Wildman–Crippen LogP) is 4.05. The summed E-state index contributed by atoms with van der Waals surface area (Å²) in [6.45, 7) is 8.49. The van der Waals surface area contributed by atoms with E-state index in [1.807, 2.05) is 6.92 Å². The SMILES string of the molecule is C/C(C=O)=C(\C1=CCCCC1)C(C)(C)C. The Morgan fingerprint density at radius 1 is 1.33 bits per heavy atom. The lowest BCUT2D eigenvalue weighted by atomic mass is 9.76. The summed E-state index contributed by atoms with van der Waals surface area (Å²) in [5.41, 5.74) is 3.64. The molecule has 0 fully saturated rings. The van der Waals surface area contributed by atoms with E-state index in [-0.39, 0.29) is 5.41 Å². The van der Waals surface area contributed by atoms with Gasteiger partial charge < -0.3 is 0 Å². The van der Waals surface area contributed by atoms with Crippen LogP contribution < -0.4 is 0 Å². The molecule has 0 amide bonds. The van der Waals surface area contributed by atoms with Crippen molar-refractivity contribution >= 4 is 6.29 Å². The highest BCUT2D eigenvalue weighted by atomic mass is 16.1. The molecule has 0 aromatic carbocycles. The molecule has 0 aromatic rings. The normalized spacial score (nSPS) is 19.3. The second-order valence-electron chi connectivity index (χ2n) is 5.40. The van der Waals surface area contributed by atoms with Gasteiger partial charge in [-0.25, -0.2) is 0 Å². The first-order valence-electron chi connectivity index (χ1n) is 5.82. The Kier molecular flexibility index (Phi) is 3.90. The van der Waals surface area contributed by atoms with Crippen molar-refractivity contribution < 1.29 is 4.79 Å². The molecule has 1 aliphatic carbocycles. The summed E-state index contributed by atoms with van der Waals surface area (Å²) >= 11 is 0. The van der Waals surface area contributed by atoms with Crippen LogP contribution in [0.5, 0.6) is 0 Å². The number of carbonyl (C=O) groups excluding carboxylic acids is 1. The molecule has 1 nitrogen and oxygen atoms in total. The average molecular weight is 206 g/mol. The summed E-state index contributed by atoms with van der Waals surface area (Å²) in [4.78, 5) is 11.0. The Labute approximate surface area is 93.3 Å². The number of rotatable bonds is 2. The molecule has 1 rings (SSSR count). The second kappa shape index (κ2) is 4.78. The topological polar surface area (TPSA) is 17.1 Å². The highest BCUT2D eigenvalue weighted by Crippen LogP contribution is 2.37. The minimum absolute atomic E-state index is 0.0775. The first kappa shape index (κ1) is 12.2. The van der Waals surface area contributed by atoms with Crippen molar-refractivity contribution in [1.29, 1.82) is 0 Å². The third-order valence-electron chi connectivity index (χ3n) is 2.93. The molecule has 0 aromatic heterocycles. The molecular formula is C14H22O. The quantitative estimate of drug-likeness (QED) is 0.492. The van der Waals surface area contributed by atoms with Gasteiger partial charge in [0, 0.05) is 0 Å². The summed E-state index contributed by atoms with van der Waals surface area (Å²) in [7, 11) is 0. The van der Waals surface area contributed by atoms with Crippen molar-refractivity contribution in [1.82, 2.24) is 0 Å². The highest BCUT2D eigenvalue weighted by Gasteiger charge is 2.23. The summed E-state index contributed by atoms with van der Waals surface area (Å²) in [5.74, 6) is 0. The number of hydrogen-bond acceptors (Lipinski definition) is 1. The van der Waals surface area contributed by atoms with Crippen LogP contribution in [-0.4, -0.2) is 6.29 Å². The fourth-order valence-electron chi connectivity index (χ4n) is 2.45. The molecule has 0 spiro atoms. The van der Waals surface area contributed by atoms with E-state index in [2.05, 4.69) is 26.8 Å². The molecule has 1 aliphatic rings. The Hall–Kier alpha value is -0.850. The maximum absolute atomic E-state index is 11.0. The Balaban J connectivity index is 3.12. The van der Waals surface area contributed by atoms with Crippen molar-refractivity contribution in [2.24, 2.45) is 5.41 Å². The Bertz CT molecular complexity index is 300. The van der Waals surface area contributed by atoms with Crippen LogP contribution in [0, 0.1) is 5.41 Å². The van der Waals surface area contributed by atoms with Gasteiger partial charge >= 0.3 is 0 Å². The number of carbonyl (C=O) groups is 1. The molecule has 0 atom stereocenters. The van der Waals surface area contributed by atoms with Crippen LogP contribution in [0.1, 0.15) is 53.4 Å². The van der Waals surface area contributed by atoms with Gasteiger partial charge in [0.25, 0.3) is 0 Å². The van der Waals surface area contributed by atoms with Crippen LogP contribution in [-0.2, 0) is 4.79 Å². The summed E-state index contributed by atoms with van der Waals surface area (Å²) < 4.78 is 0. The molecule has 0 N–H and O–H groups in total. The van der Waals surface area contributed by atoms with Crippen LogP contribution in [0.3, 0.4) is 0 Å². The average Bonchev–Trinajstić information content (AvgIpc) is 2.17. The lowest BCUT2D eigenvalue weighted by Gasteiger charge is -2.28. The van der Waals surface area contributed by atoms with Gasteiger partial charge in [0.2, 0.25) is 0 Å². The number of allylic oxidation sites excluding steroid dienone is 4. The van der Waals surface area contributed by atoms with Crippen molar-refractivity contribution in [2.75, 3.05) is 0 Å². The molecule has 0 saturated heterocycles. The fourth-order valence-corrected chi connectivity index (χ4v) is 2.45. The monoisotopic (exact) mass is 206 g/mol. The molecular weight excluding hydrogens is 184 g/mol. The van der Waals surface area contributed by atoms with E-state index in [1.54, 1.807) is 0 Å². The van der Waals surface area contributed by atoms with Crippen molar-refractivity contribution in [3.05, 3.63) is 22.8 Å². The minimum Gasteiger partial charge on any atom is -0.298 e. The van der Waals surface area contributed by atoms with Gasteiger partial charge in [-0.2, -0.15) is 0 Å². The van der Waals surface area contributed by atoms with Gasteiger partial charge in [0.05, 0.1) is 0 Å². The lowest BCUT2D eigenvalue weighted by Crippen LogP contribution is -2.15. The van der Waals surface area contributed by atoms with E-state index >= 15 is 0 Å². The third-order valence-corrected chi connectivity index (χ3v) is 2.93. The second-order valence-corrected chi connectivity index (χ2v) is 5.40. The van der Waals surface area contributed by atoms with E-state index in [0.717, 1.165) is 18.3 Å². The summed E-state index contributed by atoms with van der Waals surface area (Å²) in [5, 5.41) is 0. The van der Waals surface area contributed by atoms with E-state index in [4.69, 9.17) is 0 Å². The number of hydrogen-bond donors (Lipinski definition) is 0. The maximum Gasteiger partial charge on any atom is 0.146 e. The van der Waals surface area contributed by atoms with Gasteiger partial charge in [-0.3, -0.25) is 4.79 Å². The molecule has 0 aliphatic heterocycles. The van der Waals surface area contributed by atoms with Crippen molar-refractivity contribution in [3.8, 4) is 0 Å². The van der Waals surface area contributed by atoms with Crippen LogP contribution >= 0.6 is 0 Å². The van der Waals surface area contributed by atoms with Gasteiger partial charge in [-0.15, -0.1) is 0 Å². The van der Waals surface area contributed by atoms with Gasteiger partial charge in [-0.05, 0) is 54.7 Å². The lowest BCUT2D eigenvalue weighted by molar-refractivity contribution is -0.105. The largest absolute Gasteiger partial charge is 0.298 e. The smallest absolute Gasteiger partial charge is 0.146 e. The van der Waals surface area contributed by atoms with Crippen LogP contribution in [0.25, 0.3) is 0 Å². The molecule has 0 unspecified atom stereocenters.